The Kier molecular flexibility index (Phi) is 3.39. The van der Waals surface area contributed by atoms with Crippen molar-refractivity contribution >= 4 is 5.91 Å². The molecule has 2 rings (SSSR count). The average molecular weight is 253 g/mol. The molecule has 0 saturated carbocycles. The normalized spacial score (nSPS) is 14.9. The summed E-state index contributed by atoms with van der Waals surface area (Å²) in [6.45, 7) is 0. The van der Waals surface area contributed by atoms with Crippen molar-refractivity contribution in [2.24, 2.45) is 0 Å². The highest BCUT2D eigenvalue weighted by atomic mass is 16.3. The summed E-state index contributed by atoms with van der Waals surface area (Å²) in [7, 11) is 0. The van der Waals surface area contributed by atoms with Crippen LogP contribution >= 0.6 is 0 Å². The van der Waals surface area contributed by atoms with Gasteiger partial charge in [-0.05, 0) is 30.2 Å². The molecule has 0 aliphatic heterocycles. The van der Waals surface area contributed by atoms with Gasteiger partial charge in [0.05, 0.1) is 0 Å². The van der Waals surface area contributed by atoms with E-state index in [0.29, 0.717) is 16.0 Å². The molecule has 0 aromatic carbocycles. The third kappa shape index (κ3) is 2.35. The number of aliphatic hydroxyl groups is 2. The summed E-state index contributed by atoms with van der Waals surface area (Å²) >= 11 is 0. The van der Waals surface area contributed by atoms with E-state index < -0.39 is 17.7 Å². The van der Waals surface area contributed by atoms with Crippen LogP contribution in [0.15, 0.2) is 71.5 Å². The molecule has 2 N–H and O–H groups in total. The molecule has 0 unspecified atom stereocenters. The fraction of sp³-hybridized carbons (Fsp3) is 0. The van der Waals surface area contributed by atoms with Gasteiger partial charge in [-0.15, -0.1) is 6.42 Å². The summed E-state index contributed by atoms with van der Waals surface area (Å²) in [5.41, 5.74) is 0.781. The van der Waals surface area contributed by atoms with Crippen LogP contribution in [0.5, 0.6) is 0 Å². The van der Waals surface area contributed by atoms with Crippen molar-refractivity contribution in [3.63, 3.8) is 0 Å². The van der Waals surface area contributed by atoms with Crippen molar-refractivity contribution in [3.8, 4) is 12.3 Å². The molecule has 94 valence electrons. The van der Waals surface area contributed by atoms with Crippen LogP contribution in [0.3, 0.4) is 0 Å². The third-order valence-electron chi connectivity index (χ3n) is 2.59. The number of rotatable bonds is 2. The van der Waals surface area contributed by atoms with Gasteiger partial charge >= 0.3 is 5.91 Å². The number of carbonyl (C=O) groups is 1. The Hall–Kier alpha value is -2.93. The van der Waals surface area contributed by atoms with Gasteiger partial charge in [-0.3, -0.25) is 4.79 Å². The molecular weight excluding hydrogens is 242 g/mol. The summed E-state index contributed by atoms with van der Waals surface area (Å²) in [4.78, 5) is 12.4. The van der Waals surface area contributed by atoms with Gasteiger partial charge in [0.2, 0.25) is 11.8 Å². The fourth-order valence-electron chi connectivity index (χ4n) is 1.66. The quantitative estimate of drug-likeness (QED) is 0.586. The lowest BCUT2D eigenvalue weighted by molar-refractivity contribution is -0.125. The predicted molar refractivity (Wildman–Crippen MR) is 71.5 cm³/mol. The van der Waals surface area contributed by atoms with Crippen LogP contribution in [0.25, 0.3) is 0 Å². The van der Waals surface area contributed by atoms with Gasteiger partial charge in [-0.2, -0.15) is 0 Å². The van der Waals surface area contributed by atoms with Crippen molar-refractivity contribution in [1.82, 2.24) is 4.90 Å². The molecule has 1 amide bonds. The molecule has 0 aromatic rings. The highest BCUT2D eigenvalue weighted by molar-refractivity contribution is 5.95. The predicted octanol–water partition coefficient (Wildman–Crippen LogP) is 2.24. The van der Waals surface area contributed by atoms with Crippen molar-refractivity contribution in [2.75, 3.05) is 0 Å². The zero-order chi connectivity index (χ0) is 13.8. The minimum Gasteiger partial charge on any atom is -0.494 e. The zero-order valence-electron chi connectivity index (χ0n) is 9.95. The molecule has 4 nitrogen and oxygen atoms in total. The second-order valence-corrected chi connectivity index (χ2v) is 3.78. The number of nitrogens with zero attached hydrogens (tertiary/aromatic N) is 1. The van der Waals surface area contributed by atoms with Gasteiger partial charge in [-0.1, -0.05) is 24.3 Å². The number of hydrogen-bond acceptors (Lipinski definition) is 3. The van der Waals surface area contributed by atoms with Crippen LogP contribution in [-0.2, 0) is 4.79 Å². The van der Waals surface area contributed by atoms with Gasteiger partial charge in [0.1, 0.15) is 0 Å². The Labute approximate surface area is 110 Å². The molecule has 0 aromatic heterocycles. The first-order chi connectivity index (χ1) is 9.15. The molecule has 0 heterocycles. The van der Waals surface area contributed by atoms with E-state index in [-0.39, 0.29) is 0 Å². The number of carbonyl (C=O) groups excluding carboxylic acids is 1. The van der Waals surface area contributed by atoms with Crippen molar-refractivity contribution in [2.45, 2.75) is 0 Å². The highest BCUT2D eigenvalue weighted by Crippen LogP contribution is 2.22. The van der Waals surface area contributed by atoms with E-state index >= 15 is 0 Å². The maximum Gasteiger partial charge on any atom is 0.311 e. The van der Waals surface area contributed by atoms with Crippen molar-refractivity contribution in [1.29, 1.82) is 0 Å². The molecule has 2 aliphatic rings. The summed E-state index contributed by atoms with van der Waals surface area (Å²) in [6, 6.07) is 0. The molecular formula is C15H11NO3. The Morgan fingerprint density at radius 1 is 0.947 bits per heavy atom. The van der Waals surface area contributed by atoms with Gasteiger partial charge in [0.15, 0.2) is 0 Å². The second kappa shape index (κ2) is 5.15. The van der Waals surface area contributed by atoms with E-state index in [2.05, 4.69) is 0 Å². The summed E-state index contributed by atoms with van der Waals surface area (Å²) < 4.78 is 0. The molecule has 0 atom stereocenters. The Bertz CT molecular complexity index is 565. The first kappa shape index (κ1) is 12.5. The summed E-state index contributed by atoms with van der Waals surface area (Å²) in [6.07, 6.45) is 18.3. The van der Waals surface area contributed by atoms with E-state index in [0.717, 1.165) is 0 Å². The third-order valence-corrected chi connectivity index (χ3v) is 2.59. The van der Waals surface area contributed by atoms with Gasteiger partial charge < -0.3 is 10.2 Å². The van der Waals surface area contributed by atoms with Crippen LogP contribution in [0, 0.1) is 12.3 Å². The Morgan fingerprint density at radius 3 is 1.63 bits per heavy atom. The maximum absolute atomic E-state index is 11.7. The monoisotopic (exact) mass is 253 g/mol. The van der Waals surface area contributed by atoms with E-state index in [1.54, 1.807) is 48.6 Å². The van der Waals surface area contributed by atoms with E-state index in [4.69, 9.17) is 6.42 Å². The molecule has 0 spiro atoms. The van der Waals surface area contributed by atoms with Crippen LogP contribution in [0.2, 0.25) is 0 Å². The Balaban J connectivity index is 2.50. The molecule has 0 bridgehead atoms. The first-order valence-corrected chi connectivity index (χ1v) is 5.52. The number of aliphatic hydroxyl groups excluding tert-OH is 2. The highest BCUT2D eigenvalue weighted by Gasteiger charge is 2.24. The standard InChI is InChI=1S/C15H11NO3/c1-2-13(17)16(14(18)11-7-3-4-8-11)15(19)12-9-5-6-10-12/h1,3-10,18-19H. The van der Waals surface area contributed by atoms with E-state index in [9.17, 15) is 15.0 Å². The maximum atomic E-state index is 11.7. The molecule has 0 saturated heterocycles. The van der Waals surface area contributed by atoms with Crippen molar-refractivity contribution < 1.29 is 15.0 Å². The van der Waals surface area contributed by atoms with Crippen molar-refractivity contribution in [3.05, 3.63) is 71.5 Å². The molecule has 19 heavy (non-hydrogen) atoms. The number of terminal acetylenes is 1. The van der Waals surface area contributed by atoms with Gasteiger partial charge in [0, 0.05) is 11.1 Å². The number of amides is 1. The fourth-order valence-corrected chi connectivity index (χ4v) is 1.66. The van der Waals surface area contributed by atoms with E-state index in [1.807, 2.05) is 5.92 Å². The first-order valence-electron chi connectivity index (χ1n) is 5.52. The topological polar surface area (TPSA) is 60.8 Å². The number of hydrogen-bond donors (Lipinski definition) is 2. The molecule has 2 aliphatic carbocycles. The van der Waals surface area contributed by atoms with E-state index in [1.165, 1.54) is 0 Å². The second-order valence-electron chi connectivity index (χ2n) is 3.78. The van der Waals surface area contributed by atoms with Crippen LogP contribution < -0.4 is 0 Å². The largest absolute Gasteiger partial charge is 0.494 e. The van der Waals surface area contributed by atoms with Gasteiger partial charge in [0.25, 0.3) is 0 Å². The smallest absolute Gasteiger partial charge is 0.311 e. The molecule has 0 radical (unpaired) electrons. The van der Waals surface area contributed by atoms with Gasteiger partial charge in [-0.25, -0.2) is 4.90 Å². The van der Waals surface area contributed by atoms with Crippen LogP contribution in [-0.4, -0.2) is 21.0 Å². The van der Waals surface area contributed by atoms with Crippen LogP contribution in [0.1, 0.15) is 0 Å². The molecule has 0 fully saturated rings. The SMILES string of the molecule is C#CC(=O)N(C(O)=C1C=CC=C1)C(O)=C1C=CC=C1. The average Bonchev–Trinajstić information content (AvgIpc) is 3.10. The van der Waals surface area contributed by atoms with Crippen LogP contribution in [0.4, 0.5) is 0 Å². The Morgan fingerprint density at radius 2 is 1.32 bits per heavy atom. The summed E-state index contributed by atoms with van der Waals surface area (Å²) in [5, 5.41) is 20.2. The lowest BCUT2D eigenvalue weighted by atomic mass is 10.2. The minimum atomic E-state index is -0.850. The zero-order valence-corrected chi connectivity index (χ0v) is 9.95. The summed E-state index contributed by atoms with van der Waals surface area (Å²) in [5.74, 6) is 0.205. The minimum absolute atomic E-state index is 0.390. The number of allylic oxidation sites excluding steroid dienone is 10. The lowest BCUT2D eigenvalue weighted by Gasteiger charge is -2.19. The molecule has 4 heteroatoms. The lowest BCUT2D eigenvalue weighted by Crippen LogP contribution is -2.30.